The highest BCUT2D eigenvalue weighted by Crippen LogP contribution is 2.16. The van der Waals surface area contributed by atoms with Gasteiger partial charge in [0, 0.05) is 38.3 Å². The Labute approximate surface area is 174 Å². The van der Waals surface area contributed by atoms with Crippen molar-refractivity contribution in [3.63, 3.8) is 0 Å². The Kier molecular flexibility index (Phi) is 5.80. The van der Waals surface area contributed by atoms with Gasteiger partial charge in [-0.25, -0.2) is 4.98 Å². The van der Waals surface area contributed by atoms with Crippen molar-refractivity contribution in [2.24, 2.45) is 0 Å². The summed E-state index contributed by atoms with van der Waals surface area (Å²) in [5.41, 5.74) is 1.92. The number of rotatable bonds is 6. The third kappa shape index (κ3) is 4.20. The molecule has 3 heterocycles. The molecule has 1 aliphatic heterocycles. The van der Waals surface area contributed by atoms with Crippen LogP contribution in [0.2, 0.25) is 0 Å². The molecule has 0 spiro atoms. The van der Waals surface area contributed by atoms with Crippen molar-refractivity contribution in [2.45, 2.75) is 32.9 Å². The normalized spacial score (nSPS) is 14.4. The molecule has 9 heteroatoms. The molecule has 3 aromatic rings. The number of aryl methyl sites for hydroxylation is 1. The lowest BCUT2D eigenvalue weighted by Gasteiger charge is -2.28. The Balaban J connectivity index is 1.55. The number of ether oxygens (including phenoxy) is 1. The van der Waals surface area contributed by atoms with Crippen LogP contribution >= 0.6 is 0 Å². The SMILES string of the molecule is CC(C)n1cc(NC(=O)CCn2c(=O)c(N3CCOCC3)nc3ccccc32)cn1. The number of carbonyl (C=O) groups excluding carboxylic acids is 1. The van der Waals surface area contributed by atoms with Gasteiger partial charge in [0.1, 0.15) is 0 Å². The minimum absolute atomic E-state index is 0.168. The number of aromatic nitrogens is 4. The van der Waals surface area contributed by atoms with E-state index in [0.717, 1.165) is 11.0 Å². The van der Waals surface area contributed by atoms with E-state index in [1.165, 1.54) is 0 Å². The zero-order chi connectivity index (χ0) is 21.1. The minimum Gasteiger partial charge on any atom is -0.378 e. The number of amides is 1. The molecule has 2 aromatic heterocycles. The van der Waals surface area contributed by atoms with Crippen LogP contribution in [0.5, 0.6) is 0 Å². The third-order valence-corrected chi connectivity index (χ3v) is 5.12. The van der Waals surface area contributed by atoms with E-state index in [1.807, 2.05) is 43.0 Å². The molecule has 1 aliphatic rings. The van der Waals surface area contributed by atoms with E-state index in [1.54, 1.807) is 21.6 Å². The van der Waals surface area contributed by atoms with Gasteiger partial charge in [0.25, 0.3) is 5.56 Å². The molecule has 30 heavy (non-hydrogen) atoms. The first-order valence-corrected chi connectivity index (χ1v) is 10.2. The number of hydrogen-bond acceptors (Lipinski definition) is 6. The molecule has 0 radical (unpaired) electrons. The summed E-state index contributed by atoms with van der Waals surface area (Å²) in [4.78, 5) is 32.2. The fourth-order valence-corrected chi connectivity index (χ4v) is 3.50. The molecule has 1 amide bonds. The number of fused-ring (bicyclic) bond motifs is 1. The molecule has 0 saturated carbocycles. The van der Waals surface area contributed by atoms with E-state index in [9.17, 15) is 9.59 Å². The molecule has 9 nitrogen and oxygen atoms in total. The second kappa shape index (κ2) is 8.66. The maximum atomic E-state index is 13.2. The molecule has 0 bridgehead atoms. The predicted octanol–water partition coefficient (Wildman–Crippen LogP) is 2.04. The Morgan fingerprint density at radius 2 is 2.00 bits per heavy atom. The van der Waals surface area contributed by atoms with Crippen molar-refractivity contribution in [3.8, 4) is 0 Å². The highest BCUT2D eigenvalue weighted by atomic mass is 16.5. The van der Waals surface area contributed by atoms with E-state index in [2.05, 4.69) is 15.4 Å². The van der Waals surface area contributed by atoms with Gasteiger partial charge >= 0.3 is 0 Å². The summed E-state index contributed by atoms with van der Waals surface area (Å²) < 4.78 is 8.82. The molecule has 4 rings (SSSR count). The van der Waals surface area contributed by atoms with Crippen molar-refractivity contribution >= 4 is 28.4 Å². The quantitative estimate of drug-likeness (QED) is 0.668. The van der Waals surface area contributed by atoms with E-state index in [4.69, 9.17) is 4.74 Å². The molecular weight excluding hydrogens is 384 g/mol. The van der Waals surface area contributed by atoms with Crippen LogP contribution in [0.25, 0.3) is 11.0 Å². The third-order valence-electron chi connectivity index (χ3n) is 5.12. The lowest BCUT2D eigenvalue weighted by Crippen LogP contribution is -2.41. The fourth-order valence-electron chi connectivity index (χ4n) is 3.50. The van der Waals surface area contributed by atoms with Gasteiger partial charge in [0.2, 0.25) is 5.91 Å². The standard InChI is InChI=1S/C21H26N6O3/c1-15(2)27-14-16(13-22-27)23-19(28)7-8-26-18-6-4-3-5-17(18)24-20(21(26)29)25-9-11-30-12-10-25/h3-6,13-15H,7-12H2,1-2H3,(H,23,28). The predicted molar refractivity (Wildman–Crippen MR) is 115 cm³/mol. The Bertz CT molecular complexity index is 1100. The monoisotopic (exact) mass is 410 g/mol. The molecule has 0 atom stereocenters. The van der Waals surface area contributed by atoms with Crippen molar-refractivity contribution in [1.29, 1.82) is 0 Å². The topological polar surface area (TPSA) is 94.3 Å². The number of anilines is 2. The number of morpholine rings is 1. The van der Waals surface area contributed by atoms with Gasteiger partial charge in [-0.05, 0) is 26.0 Å². The van der Waals surface area contributed by atoms with Crippen LogP contribution in [0.3, 0.4) is 0 Å². The highest BCUT2D eigenvalue weighted by molar-refractivity contribution is 5.90. The first-order chi connectivity index (χ1) is 14.5. The Morgan fingerprint density at radius 3 is 2.73 bits per heavy atom. The Morgan fingerprint density at radius 1 is 1.23 bits per heavy atom. The van der Waals surface area contributed by atoms with E-state index >= 15 is 0 Å². The molecular formula is C21H26N6O3. The first-order valence-electron chi connectivity index (χ1n) is 10.2. The number of hydrogen-bond donors (Lipinski definition) is 1. The lowest BCUT2D eigenvalue weighted by molar-refractivity contribution is -0.116. The van der Waals surface area contributed by atoms with E-state index < -0.39 is 0 Å². The van der Waals surface area contributed by atoms with Gasteiger partial charge in [-0.3, -0.25) is 14.3 Å². The summed E-state index contributed by atoms with van der Waals surface area (Å²) in [5, 5.41) is 7.08. The lowest BCUT2D eigenvalue weighted by atomic mass is 10.2. The molecule has 1 fully saturated rings. The number of para-hydroxylation sites is 2. The first kappa shape index (κ1) is 20.1. The van der Waals surface area contributed by atoms with Crippen LogP contribution in [-0.4, -0.2) is 51.5 Å². The maximum Gasteiger partial charge on any atom is 0.294 e. The number of carbonyl (C=O) groups is 1. The van der Waals surface area contributed by atoms with Gasteiger partial charge in [-0.2, -0.15) is 5.10 Å². The molecule has 1 aromatic carbocycles. The van der Waals surface area contributed by atoms with E-state index in [-0.39, 0.29) is 30.5 Å². The summed E-state index contributed by atoms with van der Waals surface area (Å²) in [6, 6.07) is 7.73. The second-order valence-electron chi connectivity index (χ2n) is 7.58. The molecule has 1 N–H and O–H groups in total. The molecule has 158 valence electrons. The van der Waals surface area contributed by atoms with Crippen LogP contribution in [0.15, 0.2) is 41.5 Å². The Hall–Kier alpha value is -3.20. The van der Waals surface area contributed by atoms with Gasteiger partial charge in [-0.1, -0.05) is 12.1 Å². The average Bonchev–Trinajstić information content (AvgIpc) is 3.22. The van der Waals surface area contributed by atoms with Crippen LogP contribution in [0.4, 0.5) is 11.5 Å². The maximum absolute atomic E-state index is 13.2. The largest absolute Gasteiger partial charge is 0.378 e. The summed E-state index contributed by atoms with van der Waals surface area (Å²) in [5.74, 6) is 0.245. The number of nitrogens with zero attached hydrogens (tertiary/aromatic N) is 5. The van der Waals surface area contributed by atoms with E-state index in [0.29, 0.717) is 37.8 Å². The van der Waals surface area contributed by atoms with Gasteiger partial charge in [0.05, 0.1) is 36.1 Å². The summed E-state index contributed by atoms with van der Waals surface area (Å²) in [6.07, 6.45) is 3.60. The van der Waals surface area contributed by atoms with Crippen LogP contribution in [0.1, 0.15) is 26.3 Å². The van der Waals surface area contributed by atoms with Crippen LogP contribution in [-0.2, 0) is 16.1 Å². The van der Waals surface area contributed by atoms with Gasteiger partial charge in [0.15, 0.2) is 5.82 Å². The summed E-state index contributed by atoms with van der Waals surface area (Å²) in [7, 11) is 0. The summed E-state index contributed by atoms with van der Waals surface area (Å²) in [6.45, 7) is 6.70. The van der Waals surface area contributed by atoms with Crippen LogP contribution < -0.4 is 15.8 Å². The van der Waals surface area contributed by atoms with Crippen molar-refractivity contribution in [1.82, 2.24) is 19.3 Å². The smallest absolute Gasteiger partial charge is 0.294 e. The molecule has 0 unspecified atom stereocenters. The minimum atomic E-state index is -0.184. The van der Waals surface area contributed by atoms with Gasteiger partial charge < -0.3 is 19.5 Å². The highest BCUT2D eigenvalue weighted by Gasteiger charge is 2.19. The fraction of sp³-hybridized carbons (Fsp3) is 0.429. The van der Waals surface area contributed by atoms with Crippen LogP contribution in [0, 0.1) is 0 Å². The molecule has 0 aliphatic carbocycles. The molecule has 1 saturated heterocycles. The second-order valence-corrected chi connectivity index (χ2v) is 7.58. The number of nitrogens with one attached hydrogen (secondary N) is 1. The zero-order valence-electron chi connectivity index (χ0n) is 17.2. The van der Waals surface area contributed by atoms with Crippen molar-refractivity contribution in [3.05, 3.63) is 47.0 Å². The average molecular weight is 410 g/mol. The van der Waals surface area contributed by atoms with Gasteiger partial charge in [-0.15, -0.1) is 0 Å². The van der Waals surface area contributed by atoms with Crippen molar-refractivity contribution in [2.75, 3.05) is 36.5 Å². The summed E-state index contributed by atoms with van der Waals surface area (Å²) >= 11 is 0. The number of benzene rings is 1. The zero-order valence-corrected chi connectivity index (χ0v) is 17.2. The van der Waals surface area contributed by atoms with Crippen molar-refractivity contribution < 1.29 is 9.53 Å².